The van der Waals surface area contributed by atoms with Gasteiger partial charge in [-0.1, -0.05) is 30.7 Å². The maximum absolute atomic E-state index is 11.9. The second-order valence-corrected chi connectivity index (χ2v) is 5.30. The van der Waals surface area contributed by atoms with E-state index in [-0.39, 0.29) is 5.91 Å². The number of carbonyl (C=O) groups excluding carboxylic acids is 1. The summed E-state index contributed by atoms with van der Waals surface area (Å²) in [5.41, 5.74) is 5.58. The van der Waals surface area contributed by atoms with Crippen LogP contribution in [0.1, 0.15) is 18.9 Å². The summed E-state index contributed by atoms with van der Waals surface area (Å²) in [5.74, 6) is -0.379. The normalized spacial score (nSPS) is 14.4. The molecule has 0 spiro atoms. The first-order valence-electron chi connectivity index (χ1n) is 6.38. The molecule has 3 N–H and O–H groups in total. The predicted molar refractivity (Wildman–Crippen MR) is 79.2 cm³/mol. The van der Waals surface area contributed by atoms with E-state index in [0.717, 1.165) is 12.1 Å². The maximum Gasteiger partial charge on any atom is 0.242 e. The summed E-state index contributed by atoms with van der Waals surface area (Å²) in [6, 6.07) is 7.28. The van der Waals surface area contributed by atoms with Gasteiger partial charge < -0.3 is 10.6 Å². The molecule has 1 atom stereocenters. The molecule has 1 unspecified atom stereocenters. The number of hydrogen-bond donors (Lipinski definition) is 2. The minimum atomic E-state index is -0.860. The summed E-state index contributed by atoms with van der Waals surface area (Å²) in [7, 11) is 3.97. The van der Waals surface area contributed by atoms with E-state index < -0.39 is 5.54 Å². The predicted octanol–water partition coefficient (Wildman–Crippen LogP) is 1.58. The fourth-order valence-corrected chi connectivity index (χ4v) is 2.27. The van der Waals surface area contributed by atoms with Crippen molar-refractivity contribution in [1.29, 1.82) is 0 Å². The Morgan fingerprint density at radius 1 is 1.47 bits per heavy atom. The summed E-state index contributed by atoms with van der Waals surface area (Å²) < 4.78 is 0. The maximum atomic E-state index is 11.9. The fourth-order valence-electron chi connectivity index (χ4n) is 2.08. The van der Waals surface area contributed by atoms with Crippen LogP contribution in [0.4, 0.5) is 0 Å². The Labute approximate surface area is 119 Å². The van der Waals surface area contributed by atoms with E-state index in [1.165, 1.54) is 0 Å². The summed E-state index contributed by atoms with van der Waals surface area (Å²) in [6.45, 7) is 3.44. The smallest absolute Gasteiger partial charge is 0.242 e. The Balaban J connectivity index is 3.02. The van der Waals surface area contributed by atoms with E-state index in [1.807, 2.05) is 38.1 Å². The fraction of sp³-hybridized carbons (Fsp3) is 0.500. The van der Waals surface area contributed by atoms with Crippen LogP contribution in [-0.2, 0) is 10.3 Å². The Morgan fingerprint density at radius 2 is 2.16 bits per heavy atom. The number of benzene rings is 1. The molecule has 19 heavy (non-hydrogen) atoms. The molecule has 0 radical (unpaired) electrons. The summed E-state index contributed by atoms with van der Waals surface area (Å²) in [4.78, 5) is 14.0. The Kier molecular flexibility index (Phi) is 5.79. The van der Waals surface area contributed by atoms with Crippen LogP contribution < -0.4 is 11.1 Å². The van der Waals surface area contributed by atoms with E-state index in [1.54, 1.807) is 12.1 Å². The third-order valence-corrected chi connectivity index (χ3v) is 3.49. The first kappa shape index (κ1) is 16.0. The summed E-state index contributed by atoms with van der Waals surface area (Å²) in [5, 5.41) is 3.89. The average molecular weight is 284 g/mol. The molecule has 1 aromatic rings. The molecule has 1 rings (SSSR count). The zero-order valence-corrected chi connectivity index (χ0v) is 12.5. The Bertz CT molecular complexity index is 436. The van der Waals surface area contributed by atoms with Crippen molar-refractivity contribution in [2.75, 3.05) is 27.2 Å². The number of halogens is 1. The van der Waals surface area contributed by atoms with E-state index in [0.29, 0.717) is 18.0 Å². The van der Waals surface area contributed by atoms with Gasteiger partial charge in [0.2, 0.25) is 5.91 Å². The molecule has 5 heteroatoms. The van der Waals surface area contributed by atoms with Crippen molar-refractivity contribution in [3.63, 3.8) is 0 Å². The molecule has 0 saturated heterocycles. The van der Waals surface area contributed by atoms with Gasteiger partial charge in [0.1, 0.15) is 5.54 Å². The van der Waals surface area contributed by atoms with Gasteiger partial charge in [-0.2, -0.15) is 0 Å². The van der Waals surface area contributed by atoms with Crippen LogP contribution in [0.2, 0.25) is 5.02 Å². The lowest BCUT2D eigenvalue weighted by Gasteiger charge is -2.32. The second-order valence-electron chi connectivity index (χ2n) is 4.86. The second kappa shape index (κ2) is 6.89. The highest BCUT2D eigenvalue weighted by Gasteiger charge is 2.36. The van der Waals surface area contributed by atoms with Crippen molar-refractivity contribution in [3.8, 4) is 0 Å². The highest BCUT2D eigenvalue weighted by molar-refractivity contribution is 6.30. The van der Waals surface area contributed by atoms with E-state index in [9.17, 15) is 4.79 Å². The SMILES string of the molecule is CCC(NCCN(C)C)(C(N)=O)c1cccc(Cl)c1. The lowest BCUT2D eigenvalue weighted by molar-refractivity contribution is -0.125. The van der Waals surface area contributed by atoms with Crippen LogP contribution in [0.25, 0.3) is 0 Å². The van der Waals surface area contributed by atoms with Gasteiger partial charge in [-0.25, -0.2) is 0 Å². The van der Waals surface area contributed by atoms with Crippen LogP contribution in [-0.4, -0.2) is 38.0 Å². The molecule has 1 aromatic carbocycles. The lowest BCUT2D eigenvalue weighted by atomic mass is 9.86. The number of nitrogens with one attached hydrogen (secondary N) is 1. The minimum absolute atomic E-state index is 0.379. The van der Waals surface area contributed by atoms with Crippen molar-refractivity contribution < 1.29 is 4.79 Å². The number of primary amides is 1. The molecule has 0 aliphatic rings. The topological polar surface area (TPSA) is 58.4 Å². The molecule has 0 aliphatic heterocycles. The van der Waals surface area contributed by atoms with Crippen LogP contribution >= 0.6 is 11.6 Å². The van der Waals surface area contributed by atoms with Gasteiger partial charge in [-0.05, 0) is 38.2 Å². The van der Waals surface area contributed by atoms with Crippen molar-refractivity contribution in [2.24, 2.45) is 5.73 Å². The van der Waals surface area contributed by atoms with E-state index in [2.05, 4.69) is 5.32 Å². The van der Waals surface area contributed by atoms with Gasteiger partial charge in [-0.3, -0.25) is 10.1 Å². The van der Waals surface area contributed by atoms with Gasteiger partial charge >= 0.3 is 0 Å². The molecule has 4 nitrogen and oxygen atoms in total. The standard InChI is InChI=1S/C14H22ClN3O/c1-4-14(13(16)19,17-8-9-18(2)3)11-6-5-7-12(15)10-11/h5-7,10,17H,4,8-9H2,1-3H3,(H2,16,19). The quantitative estimate of drug-likeness (QED) is 0.799. The van der Waals surface area contributed by atoms with E-state index in [4.69, 9.17) is 17.3 Å². The number of hydrogen-bond acceptors (Lipinski definition) is 3. The molecule has 0 aliphatic carbocycles. The molecular weight excluding hydrogens is 262 g/mol. The number of nitrogens with zero attached hydrogens (tertiary/aromatic N) is 1. The minimum Gasteiger partial charge on any atom is -0.368 e. The molecule has 106 valence electrons. The summed E-state index contributed by atoms with van der Waals surface area (Å²) in [6.07, 6.45) is 0.579. The van der Waals surface area contributed by atoms with Crippen LogP contribution in [0.5, 0.6) is 0 Å². The van der Waals surface area contributed by atoms with Gasteiger partial charge in [-0.15, -0.1) is 0 Å². The van der Waals surface area contributed by atoms with Crippen molar-refractivity contribution in [1.82, 2.24) is 10.2 Å². The van der Waals surface area contributed by atoms with Crippen LogP contribution in [0.3, 0.4) is 0 Å². The number of amides is 1. The third-order valence-electron chi connectivity index (χ3n) is 3.25. The highest BCUT2D eigenvalue weighted by atomic mass is 35.5. The Hall–Kier alpha value is -1.10. The zero-order valence-electron chi connectivity index (χ0n) is 11.7. The molecule has 0 saturated carbocycles. The molecule has 1 amide bonds. The molecule has 0 heterocycles. The largest absolute Gasteiger partial charge is 0.368 e. The lowest BCUT2D eigenvalue weighted by Crippen LogP contribution is -2.53. The van der Waals surface area contributed by atoms with Crippen LogP contribution in [0, 0.1) is 0 Å². The molecule has 0 fully saturated rings. The number of likely N-dealkylation sites (N-methyl/N-ethyl adjacent to an activating group) is 1. The average Bonchev–Trinajstić information content (AvgIpc) is 2.34. The van der Waals surface area contributed by atoms with Gasteiger partial charge in [0.25, 0.3) is 0 Å². The first-order chi connectivity index (χ1) is 8.92. The molecule has 0 aromatic heterocycles. The van der Waals surface area contributed by atoms with Crippen LogP contribution in [0.15, 0.2) is 24.3 Å². The number of rotatable bonds is 7. The number of nitrogens with two attached hydrogens (primary N) is 1. The van der Waals surface area contributed by atoms with Crippen molar-refractivity contribution in [2.45, 2.75) is 18.9 Å². The first-order valence-corrected chi connectivity index (χ1v) is 6.76. The third kappa shape index (κ3) is 3.93. The molecular formula is C14H22ClN3O. The molecule has 0 bridgehead atoms. The Morgan fingerprint density at radius 3 is 2.63 bits per heavy atom. The highest BCUT2D eigenvalue weighted by Crippen LogP contribution is 2.27. The van der Waals surface area contributed by atoms with E-state index >= 15 is 0 Å². The van der Waals surface area contributed by atoms with Gasteiger partial charge in [0.05, 0.1) is 0 Å². The number of carbonyl (C=O) groups is 1. The van der Waals surface area contributed by atoms with Gasteiger partial charge in [0, 0.05) is 18.1 Å². The monoisotopic (exact) mass is 283 g/mol. The van der Waals surface area contributed by atoms with Crippen molar-refractivity contribution >= 4 is 17.5 Å². The van der Waals surface area contributed by atoms with Gasteiger partial charge in [0.15, 0.2) is 0 Å². The summed E-state index contributed by atoms with van der Waals surface area (Å²) >= 11 is 6.01. The van der Waals surface area contributed by atoms with Crippen molar-refractivity contribution in [3.05, 3.63) is 34.9 Å². The zero-order chi connectivity index (χ0) is 14.5.